The molecule has 24 heavy (non-hydrogen) atoms. The smallest absolute Gasteiger partial charge is 0.237 e. The van der Waals surface area contributed by atoms with E-state index in [-0.39, 0.29) is 24.8 Å². The van der Waals surface area contributed by atoms with Crippen LogP contribution in [0.15, 0.2) is 30.3 Å². The Labute approximate surface area is 143 Å². The van der Waals surface area contributed by atoms with E-state index in [2.05, 4.69) is 22.3 Å². The zero-order chi connectivity index (χ0) is 17.4. The highest BCUT2D eigenvalue weighted by Gasteiger charge is 2.31. The highest BCUT2D eigenvalue weighted by molar-refractivity contribution is 5.88. The van der Waals surface area contributed by atoms with Crippen molar-refractivity contribution in [1.82, 2.24) is 15.1 Å². The molecule has 0 unspecified atom stereocenters. The summed E-state index contributed by atoms with van der Waals surface area (Å²) in [6, 6.07) is 9.86. The van der Waals surface area contributed by atoms with E-state index in [1.165, 1.54) is 10.5 Å². The van der Waals surface area contributed by atoms with Gasteiger partial charge in [-0.05, 0) is 24.9 Å². The summed E-state index contributed by atoms with van der Waals surface area (Å²) in [5.74, 6) is -0.189. The molecule has 2 rings (SSSR count). The lowest BCUT2D eigenvalue weighted by Gasteiger charge is -2.35. The minimum absolute atomic E-state index is 0.0696. The Morgan fingerprint density at radius 3 is 2.83 bits per heavy atom. The zero-order valence-electron chi connectivity index (χ0n) is 14.3. The van der Waals surface area contributed by atoms with Crippen LogP contribution in [0, 0.1) is 0 Å². The number of rotatable bonds is 8. The van der Waals surface area contributed by atoms with Gasteiger partial charge in [0.2, 0.25) is 11.8 Å². The Balaban J connectivity index is 1.88. The molecule has 0 aliphatic carbocycles. The van der Waals surface area contributed by atoms with Gasteiger partial charge in [-0.2, -0.15) is 0 Å². The summed E-state index contributed by atoms with van der Waals surface area (Å²) >= 11 is 0. The number of aliphatic hydroxyl groups is 1. The number of carbonyl (C=O) groups is 2. The fourth-order valence-corrected chi connectivity index (χ4v) is 2.98. The summed E-state index contributed by atoms with van der Waals surface area (Å²) in [6.07, 6.45) is 2.08. The van der Waals surface area contributed by atoms with Crippen molar-refractivity contribution in [1.29, 1.82) is 0 Å². The van der Waals surface area contributed by atoms with Gasteiger partial charge >= 0.3 is 0 Å². The van der Waals surface area contributed by atoms with E-state index in [4.69, 9.17) is 5.11 Å². The Hall–Kier alpha value is -1.92. The minimum atomic E-state index is -0.414. The molecule has 1 heterocycles. The van der Waals surface area contributed by atoms with Crippen LogP contribution in [0.25, 0.3) is 0 Å². The summed E-state index contributed by atoms with van der Waals surface area (Å²) in [5.41, 5.74) is 1.29. The maximum Gasteiger partial charge on any atom is 0.237 e. The molecule has 1 aliphatic heterocycles. The van der Waals surface area contributed by atoms with Gasteiger partial charge in [-0.25, -0.2) is 0 Å². The normalized spacial score (nSPS) is 18.2. The molecule has 0 saturated carbocycles. The lowest BCUT2D eigenvalue weighted by molar-refractivity contribution is -0.138. The minimum Gasteiger partial charge on any atom is -0.395 e. The van der Waals surface area contributed by atoms with Gasteiger partial charge in [-0.1, -0.05) is 30.3 Å². The van der Waals surface area contributed by atoms with Gasteiger partial charge in [-0.15, -0.1) is 0 Å². The van der Waals surface area contributed by atoms with Crippen molar-refractivity contribution in [2.75, 3.05) is 39.8 Å². The van der Waals surface area contributed by atoms with Gasteiger partial charge in [0.1, 0.15) is 0 Å². The monoisotopic (exact) mass is 333 g/mol. The first-order valence-electron chi connectivity index (χ1n) is 8.52. The molecule has 1 aromatic rings. The van der Waals surface area contributed by atoms with E-state index in [1.807, 2.05) is 18.2 Å². The van der Waals surface area contributed by atoms with Crippen LogP contribution in [0.3, 0.4) is 0 Å². The summed E-state index contributed by atoms with van der Waals surface area (Å²) in [5, 5.41) is 11.8. The lowest BCUT2D eigenvalue weighted by atomic mass is 10.1. The Morgan fingerprint density at radius 2 is 2.12 bits per heavy atom. The number of amides is 2. The predicted molar refractivity (Wildman–Crippen MR) is 92.5 cm³/mol. The van der Waals surface area contributed by atoms with E-state index in [9.17, 15) is 9.59 Å². The average Bonchev–Trinajstić information content (AvgIpc) is 2.58. The number of piperazine rings is 1. The summed E-state index contributed by atoms with van der Waals surface area (Å²) in [6.45, 7) is 2.41. The molecule has 6 heteroatoms. The zero-order valence-corrected chi connectivity index (χ0v) is 14.3. The van der Waals surface area contributed by atoms with Crippen LogP contribution in [0.5, 0.6) is 0 Å². The van der Waals surface area contributed by atoms with Crippen molar-refractivity contribution >= 4 is 11.8 Å². The van der Waals surface area contributed by atoms with Crippen molar-refractivity contribution in [3.05, 3.63) is 35.9 Å². The average molecular weight is 333 g/mol. The fourth-order valence-electron chi connectivity index (χ4n) is 2.98. The van der Waals surface area contributed by atoms with E-state index in [1.54, 1.807) is 7.05 Å². The molecule has 1 saturated heterocycles. The molecule has 0 spiro atoms. The second-order valence-electron chi connectivity index (χ2n) is 6.17. The van der Waals surface area contributed by atoms with E-state index in [0.717, 1.165) is 25.9 Å². The molecule has 6 nitrogen and oxygen atoms in total. The van der Waals surface area contributed by atoms with Crippen LogP contribution < -0.4 is 5.32 Å². The van der Waals surface area contributed by atoms with Crippen molar-refractivity contribution in [3.8, 4) is 0 Å². The molecule has 0 radical (unpaired) electrons. The number of nitrogens with zero attached hydrogens (tertiary/aromatic N) is 2. The Kier molecular flexibility index (Phi) is 7.21. The van der Waals surface area contributed by atoms with Crippen LogP contribution in [0.2, 0.25) is 0 Å². The number of aryl methyl sites for hydroxylation is 1. The molecule has 1 aliphatic rings. The standard InChI is InChI=1S/C18H27N3O3/c1-20(12-13-22)17(23)14-16-18(24)19-9-11-21(16)10-5-8-15-6-3-2-4-7-15/h2-4,6-7,16,22H,5,8-14H2,1H3,(H,19,24)/t16-/m1/s1. The first kappa shape index (κ1) is 18.4. The lowest BCUT2D eigenvalue weighted by Crippen LogP contribution is -2.56. The SMILES string of the molecule is CN(CCO)C(=O)C[C@@H]1C(=O)NCCN1CCCc1ccccc1. The highest BCUT2D eigenvalue weighted by atomic mass is 16.3. The maximum absolute atomic E-state index is 12.2. The van der Waals surface area contributed by atoms with Crippen LogP contribution in [-0.4, -0.2) is 72.6 Å². The van der Waals surface area contributed by atoms with Crippen molar-refractivity contribution in [3.63, 3.8) is 0 Å². The number of hydrogen-bond acceptors (Lipinski definition) is 4. The molecule has 2 N–H and O–H groups in total. The molecule has 132 valence electrons. The quantitative estimate of drug-likeness (QED) is 0.716. The van der Waals surface area contributed by atoms with Crippen LogP contribution >= 0.6 is 0 Å². The van der Waals surface area contributed by atoms with Gasteiger partial charge < -0.3 is 15.3 Å². The Bertz CT molecular complexity index is 536. The second-order valence-corrected chi connectivity index (χ2v) is 6.17. The first-order valence-corrected chi connectivity index (χ1v) is 8.52. The largest absolute Gasteiger partial charge is 0.395 e. The molecule has 1 aromatic carbocycles. The molecular formula is C18H27N3O3. The van der Waals surface area contributed by atoms with Gasteiger partial charge in [0.05, 0.1) is 19.1 Å². The third-order valence-electron chi connectivity index (χ3n) is 4.42. The van der Waals surface area contributed by atoms with Gasteiger partial charge in [0.15, 0.2) is 0 Å². The van der Waals surface area contributed by atoms with E-state index in [0.29, 0.717) is 13.1 Å². The Morgan fingerprint density at radius 1 is 1.38 bits per heavy atom. The van der Waals surface area contributed by atoms with E-state index >= 15 is 0 Å². The topological polar surface area (TPSA) is 72.9 Å². The summed E-state index contributed by atoms with van der Waals surface area (Å²) in [4.78, 5) is 28.0. The van der Waals surface area contributed by atoms with Gasteiger partial charge in [0, 0.05) is 26.7 Å². The third kappa shape index (κ3) is 5.32. The van der Waals surface area contributed by atoms with Gasteiger partial charge in [-0.3, -0.25) is 14.5 Å². The molecule has 1 atom stereocenters. The highest BCUT2D eigenvalue weighted by Crippen LogP contribution is 2.12. The number of nitrogens with one attached hydrogen (secondary N) is 1. The first-order chi connectivity index (χ1) is 11.6. The van der Waals surface area contributed by atoms with Crippen LogP contribution in [0.4, 0.5) is 0 Å². The number of hydrogen-bond donors (Lipinski definition) is 2. The number of likely N-dealkylation sites (N-methyl/N-ethyl adjacent to an activating group) is 1. The number of carbonyl (C=O) groups excluding carboxylic acids is 2. The van der Waals surface area contributed by atoms with Crippen LogP contribution in [0.1, 0.15) is 18.4 Å². The second kappa shape index (κ2) is 9.39. The number of aliphatic hydroxyl groups excluding tert-OH is 1. The van der Waals surface area contributed by atoms with Crippen molar-refractivity contribution in [2.45, 2.75) is 25.3 Å². The summed E-state index contributed by atoms with van der Waals surface area (Å²) in [7, 11) is 1.65. The van der Waals surface area contributed by atoms with Crippen molar-refractivity contribution in [2.24, 2.45) is 0 Å². The fraction of sp³-hybridized carbons (Fsp3) is 0.556. The van der Waals surface area contributed by atoms with Crippen LogP contribution in [-0.2, 0) is 16.0 Å². The molecule has 2 amide bonds. The maximum atomic E-state index is 12.2. The summed E-state index contributed by atoms with van der Waals surface area (Å²) < 4.78 is 0. The predicted octanol–water partition coefficient (Wildman–Crippen LogP) is 0.260. The molecular weight excluding hydrogens is 306 g/mol. The third-order valence-corrected chi connectivity index (χ3v) is 4.42. The van der Waals surface area contributed by atoms with Crippen molar-refractivity contribution < 1.29 is 14.7 Å². The molecule has 1 fully saturated rings. The van der Waals surface area contributed by atoms with E-state index < -0.39 is 6.04 Å². The number of benzene rings is 1. The molecule has 0 bridgehead atoms. The van der Waals surface area contributed by atoms with Gasteiger partial charge in [0.25, 0.3) is 0 Å². The molecule has 0 aromatic heterocycles.